The van der Waals surface area contributed by atoms with Crippen molar-refractivity contribution < 1.29 is 22.4 Å². The van der Waals surface area contributed by atoms with Crippen LogP contribution in [0.15, 0.2) is 52.9 Å². The SMILES string of the molecule is O=C1Nc2cc(C(F)(F)F)ccc2/C1=C/c1ccc(-c2ccc(Cl)c(Cl)c2)o1. The third-order valence-electron chi connectivity index (χ3n) is 4.25. The van der Waals surface area contributed by atoms with Gasteiger partial charge in [-0.1, -0.05) is 29.3 Å². The molecule has 8 heteroatoms. The fraction of sp³-hybridized carbons (Fsp3) is 0.0500. The Hall–Kier alpha value is -2.70. The minimum atomic E-state index is -4.48. The molecular weight excluding hydrogens is 414 g/mol. The number of furan rings is 1. The molecule has 0 fully saturated rings. The Morgan fingerprint density at radius 1 is 0.964 bits per heavy atom. The molecule has 1 aliphatic rings. The molecule has 2 aromatic carbocycles. The van der Waals surface area contributed by atoms with E-state index in [0.717, 1.165) is 12.1 Å². The highest BCUT2D eigenvalue weighted by Crippen LogP contribution is 2.39. The molecule has 28 heavy (non-hydrogen) atoms. The van der Waals surface area contributed by atoms with Crippen LogP contribution < -0.4 is 5.32 Å². The van der Waals surface area contributed by atoms with Gasteiger partial charge in [-0.3, -0.25) is 4.79 Å². The quantitative estimate of drug-likeness (QED) is 0.462. The van der Waals surface area contributed by atoms with Crippen molar-refractivity contribution in [2.75, 3.05) is 5.32 Å². The topological polar surface area (TPSA) is 42.2 Å². The van der Waals surface area contributed by atoms with Gasteiger partial charge in [0, 0.05) is 16.8 Å². The lowest BCUT2D eigenvalue weighted by Gasteiger charge is -2.07. The van der Waals surface area contributed by atoms with Crippen LogP contribution >= 0.6 is 23.2 Å². The molecule has 0 unspecified atom stereocenters. The first kappa shape index (κ1) is 18.7. The third-order valence-corrected chi connectivity index (χ3v) is 4.99. The zero-order chi connectivity index (χ0) is 20.1. The average molecular weight is 424 g/mol. The molecule has 0 radical (unpaired) electrons. The number of carbonyl (C=O) groups excluding carboxylic acids is 1. The van der Waals surface area contributed by atoms with Gasteiger partial charge in [-0.15, -0.1) is 0 Å². The van der Waals surface area contributed by atoms with Crippen LogP contribution in [0.25, 0.3) is 23.0 Å². The van der Waals surface area contributed by atoms with E-state index < -0.39 is 17.6 Å². The third kappa shape index (κ3) is 3.41. The fourth-order valence-corrected chi connectivity index (χ4v) is 3.19. The number of halogens is 5. The van der Waals surface area contributed by atoms with Crippen LogP contribution in [-0.4, -0.2) is 5.91 Å². The molecule has 0 saturated carbocycles. The largest absolute Gasteiger partial charge is 0.457 e. The molecular formula is C20H10Cl2F3NO2. The zero-order valence-corrected chi connectivity index (χ0v) is 15.4. The first-order valence-electron chi connectivity index (χ1n) is 8.02. The highest BCUT2D eigenvalue weighted by molar-refractivity contribution is 6.42. The Labute approximate surface area is 167 Å². The minimum absolute atomic E-state index is 0.113. The van der Waals surface area contributed by atoms with Crippen molar-refractivity contribution in [1.82, 2.24) is 0 Å². The lowest BCUT2D eigenvalue weighted by molar-refractivity contribution is -0.137. The maximum Gasteiger partial charge on any atom is 0.416 e. The molecule has 2 heterocycles. The molecule has 0 saturated heterocycles. The number of rotatable bonds is 2. The van der Waals surface area contributed by atoms with Crippen LogP contribution in [0, 0.1) is 0 Å². The number of hydrogen-bond donors (Lipinski definition) is 1. The number of nitrogens with one attached hydrogen (secondary N) is 1. The van der Waals surface area contributed by atoms with Crippen LogP contribution in [0.2, 0.25) is 10.0 Å². The lowest BCUT2D eigenvalue weighted by atomic mass is 10.0. The van der Waals surface area contributed by atoms with Crippen molar-refractivity contribution >= 4 is 46.4 Å². The summed E-state index contributed by atoms with van der Waals surface area (Å²) in [6, 6.07) is 11.5. The van der Waals surface area contributed by atoms with Crippen LogP contribution in [0.4, 0.5) is 18.9 Å². The van der Waals surface area contributed by atoms with Crippen molar-refractivity contribution in [2.45, 2.75) is 6.18 Å². The summed E-state index contributed by atoms with van der Waals surface area (Å²) in [4.78, 5) is 12.2. The first-order valence-corrected chi connectivity index (χ1v) is 8.78. The van der Waals surface area contributed by atoms with Gasteiger partial charge in [-0.05, 0) is 48.5 Å². The first-order chi connectivity index (χ1) is 13.2. The Morgan fingerprint density at radius 3 is 2.46 bits per heavy atom. The number of anilines is 1. The molecule has 1 amide bonds. The zero-order valence-electron chi connectivity index (χ0n) is 13.9. The van der Waals surface area contributed by atoms with Crippen molar-refractivity contribution in [3.8, 4) is 11.3 Å². The van der Waals surface area contributed by atoms with Crippen molar-refractivity contribution in [1.29, 1.82) is 0 Å². The summed E-state index contributed by atoms with van der Waals surface area (Å²) in [5.74, 6) is 0.386. The van der Waals surface area contributed by atoms with E-state index in [9.17, 15) is 18.0 Å². The van der Waals surface area contributed by atoms with Crippen LogP contribution in [-0.2, 0) is 11.0 Å². The summed E-state index contributed by atoms with van der Waals surface area (Å²) in [5.41, 5.74) is 0.587. The maximum absolute atomic E-state index is 12.9. The van der Waals surface area contributed by atoms with Gasteiger partial charge in [-0.2, -0.15) is 13.2 Å². The van der Waals surface area contributed by atoms with E-state index in [2.05, 4.69) is 5.32 Å². The number of hydrogen-bond acceptors (Lipinski definition) is 2. The Bertz CT molecular complexity index is 1130. The lowest BCUT2D eigenvalue weighted by Crippen LogP contribution is -2.06. The van der Waals surface area contributed by atoms with Gasteiger partial charge < -0.3 is 9.73 Å². The normalized spacial score (nSPS) is 15.0. The number of fused-ring (bicyclic) bond motifs is 1. The molecule has 1 aromatic heterocycles. The summed E-state index contributed by atoms with van der Waals surface area (Å²) in [6.07, 6.45) is -3.00. The average Bonchev–Trinajstić information content (AvgIpc) is 3.21. The second-order valence-electron chi connectivity index (χ2n) is 6.10. The van der Waals surface area contributed by atoms with E-state index in [4.69, 9.17) is 27.6 Å². The second-order valence-corrected chi connectivity index (χ2v) is 6.92. The molecule has 0 aliphatic carbocycles. The molecule has 4 rings (SSSR count). The van der Waals surface area contributed by atoms with E-state index in [-0.39, 0.29) is 11.3 Å². The molecule has 0 spiro atoms. The van der Waals surface area contributed by atoms with Crippen LogP contribution in [0.5, 0.6) is 0 Å². The number of amides is 1. The molecule has 3 nitrogen and oxygen atoms in total. The minimum Gasteiger partial charge on any atom is -0.457 e. The van der Waals surface area contributed by atoms with E-state index >= 15 is 0 Å². The van der Waals surface area contributed by atoms with Crippen molar-refractivity contribution in [3.05, 3.63) is 75.5 Å². The van der Waals surface area contributed by atoms with Gasteiger partial charge in [0.2, 0.25) is 0 Å². The standard InChI is InChI=1S/C20H10Cl2F3NO2/c21-15-5-1-10(7-16(15)22)18-6-3-12(28-18)9-14-13-4-2-11(20(23,24)25)8-17(13)26-19(14)27/h1-9H,(H,26,27)/b14-9-. The number of alkyl halides is 3. The smallest absolute Gasteiger partial charge is 0.416 e. The van der Waals surface area contributed by atoms with Gasteiger partial charge in [0.1, 0.15) is 11.5 Å². The van der Waals surface area contributed by atoms with Crippen molar-refractivity contribution in [2.24, 2.45) is 0 Å². The highest BCUT2D eigenvalue weighted by atomic mass is 35.5. The predicted octanol–water partition coefficient (Wildman–Crippen LogP) is 6.76. The maximum atomic E-state index is 12.9. The molecule has 142 valence electrons. The predicted molar refractivity (Wildman–Crippen MR) is 102 cm³/mol. The van der Waals surface area contributed by atoms with E-state index in [0.29, 0.717) is 32.7 Å². The summed E-state index contributed by atoms with van der Waals surface area (Å²) in [7, 11) is 0. The summed E-state index contributed by atoms with van der Waals surface area (Å²) in [6.45, 7) is 0. The fourth-order valence-electron chi connectivity index (χ4n) is 2.89. The van der Waals surface area contributed by atoms with Gasteiger partial charge in [0.25, 0.3) is 5.91 Å². The van der Waals surface area contributed by atoms with E-state index in [1.807, 2.05) is 0 Å². The van der Waals surface area contributed by atoms with Gasteiger partial charge in [-0.25, -0.2) is 0 Å². The molecule has 0 bridgehead atoms. The van der Waals surface area contributed by atoms with Crippen molar-refractivity contribution in [3.63, 3.8) is 0 Å². The highest BCUT2D eigenvalue weighted by Gasteiger charge is 2.33. The monoisotopic (exact) mass is 423 g/mol. The van der Waals surface area contributed by atoms with Gasteiger partial charge in [0.05, 0.1) is 21.2 Å². The Morgan fingerprint density at radius 2 is 1.75 bits per heavy atom. The number of carbonyl (C=O) groups is 1. The molecule has 0 atom stereocenters. The van der Waals surface area contributed by atoms with Gasteiger partial charge in [0.15, 0.2) is 0 Å². The Kier molecular flexibility index (Phi) is 4.48. The molecule has 1 N–H and O–H groups in total. The van der Waals surface area contributed by atoms with Crippen LogP contribution in [0.1, 0.15) is 16.9 Å². The summed E-state index contributed by atoms with van der Waals surface area (Å²) >= 11 is 11.9. The second kappa shape index (κ2) is 6.72. The van der Waals surface area contributed by atoms with Crippen LogP contribution in [0.3, 0.4) is 0 Å². The Balaban J connectivity index is 1.68. The summed E-state index contributed by atoms with van der Waals surface area (Å²) < 4.78 is 44.3. The van der Waals surface area contributed by atoms with Gasteiger partial charge >= 0.3 is 6.18 Å². The summed E-state index contributed by atoms with van der Waals surface area (Å²) in [5, 5.41) is 3.24. The molecule has 1 aliphatic heterocycles. The van der Waals surface area contributed by atoms with E-state index in [1.54, 1.807) is 30.3 Å². The van der Waals surface area contributed by atoms with E-state index in [1.165, 1.54) is 12.1 Å². The number of benzene rings is 2. The molecule has 3 aromatic rings.